The zero-order valence-corrected chi connectivity index (χ0v) is 15.5. The highest BCUT2D eigenvalue weighted by Gasteiger charge is 2.13. The second-order valence-corrected chi connectivity index (χ2v) is 6.84. The number of carbonyl (C=O) groups excluding carboxylic acids is 1. The summed E-state index contributed by atoms with van der Waals surface area (Å²) in [6.45, 7) is 3.31. The Morgan fingerprint density at radius 3 is 2.85 bits per heavy atom. The summed E-state index contributed by atoms with van der Waals surface area (Å²) in [6, 6.07) is 9.61. The van der Waals surface area contributed by atoms with Gasteiger partial charge >= 0.3 is 0 Å². The highest BCUT2D eigenvalue weighted by molar-refractivity contribution is 6.30. The second-order valence-electron chi connectivity index (χ2n) is 6.40. The highest BCUT2D eigenvalue weighted by atomic mass is 35.5. The monoisotopic (exact) mass is 373 g/mol. The van der Waals surface area contributed by atoms with Crippen molar-refractivity contribution in [2.45, 2.75) is 25.7 Å². The third-order valence-corrected chi connectivity index (χ3v) is 4.63. The van der Waals surface area contributed by atoms with Crippen molar-refractivity contribution in [1.29, 1.82) is 0 Å². The molecule has 0 atom stereocenters. The number of nitrogens with zero attached hydrogens (tertiary/aromatic N) is 3. The van der Waals surface area contributed by atoms with E-state index in [-0.39, 0.29) is 5.91 Å². The van der Waals surface area contributed by atoms with E-state index < -0.39 is 0 Å². The highest BCUT2D eigenvalue weighted by Crippen LogP contribution is 2.20. The SMILES string of the molecule is O=C(CCc1cccc(Cl)c1)NCCNc1cc(N2CCCC2)cnn1. The summed E-state index contributed by atoms with van der Waals surface area (Å²) < 4.78 is 0. The minimum Gasteiger partial charge on any atom is -0.370 e. The largest absolute Gasteiger partial charge is 0.370 e. The van der Waals surface area contributed by atoms with Gasteiger partial charge in [-0.05, 0) is 37.0 Å². The molecule has 1 aromatic carbocycles. The van der Waals surface area contributed by atoms with Gasteiger partial charge in [0, 0.05) is 43.7 Å². The second kappa shape index (κ2) is 9.38. The van der Waals surface area contributed by atoms with E-state index in [1.165, 1.54) is 12.8 Å². The molecule has 3 rings (SSSR count). The first-order valence-electron chi connectivity index (χ1n) is 9.03. The maximum atomic E-state index is 11.9. The van der Waals surface area contributed by atoms with Crippen LogP contribution in [0.15, 0.2) is 36.5 Å². The van der Waals surface area contributed by atoms with Crippen molar-refractivity contribution in [2.24, 2.45) is 0 Å². The molecule has 1 aromatic heterocycles. The van der Waals surface area contributed by atoms with E-state index in [1.807, 2.05) is 30.3 Å². The van der Waals surface area contributed by atoms with Crippen LogP contribution >= 0.6 is 11.6 Å². The molecule has 2 N–H and O–H groups in total. The summed E-state index contributed by atoms with van der Waals surface area (Å²) in [6.07, 6.45) is 5.39. The van der Waals surface area contributed by atoms with Crippen LogP contribution in [0.25, 0.3) is 0 Å². The third-order valence-electron chi connectivity index (χ3n) is 4.39. The Morgan fingerprint density at radius 1 is 1.19 bits per heavy atom. The van der Waals surface area contributed by atoms with Gasteiger partial charge in [-0.2, -0.15) is 5.10 Å². The maximum absolute atomic E-state index is 11.9. The lowest BCUT2D eigenvalue weighted by Gasteiger charge is -2.17. The van der Waals surface area contributed by atoms with Crippen molar-refractivity contribution in [2.75, 3.05) is 36.4 Å². The Hall–Kier alpha value is -2.34. The van der Waals surface area contributed by atoms with E-state index in [1.54, 1.807) is 6.20 Å². The number of hydrogen-bond acceptors (Lipinski definition) is 5. The molecular formula is C19H24ClN5O. The molecule has 0 saturated carbocycles. The summed E-state index contributed by atoms with van der Waals surface area (Å²) in [5.41, 5.74) is 2.17. The Morgan fingerprint density at radius 2 is 2.04 bits per heavy atom. The number of benzene rings is 1. The fourth-order valence-corrected chi connectivity index (χ4v) is 3.24. The minimum absolute atomic E-state index is 0.0312. The van der Waals surface area contributed by atoms with E-state index >= 15 is 0 Å². The van der Waals surface area contributed by atoms with E-state index in [0.29, 0.717) is 31.0 Å². The van der Waals surface area contributed by atoms with Gasteiger partial charge in [0.1, 0.15) is 0 Å². The van der Waals surface area contributed by atoms with Gasteiger partial charge in [0.15, 0.2) is 5.82 Å². The van der Waals surface area contributed by atoms with Crippen LogP contribution in [0.3, 0.4) is 0 Å². The van der Waals surface area contributed by atoms with Crippen LogP contribution in [0.4, 0.5) is 11.5 Å². The van der Waals surface area contributed by atoms with Gasteiger partial charge in [0.05, 0.1) is 11.9 Å². The van der Waals surface area contributed by atoms with Gasteiger partial charge in [0.2, 0.25) is 5.91 Å². The average molecular weight is 374 g/mol. The Labute approximate surface area is 158 Å². The lowest BCUT2D eigenvalue weighted by Crippen LogP contribution is -2.29. The first kappa shape index (κ1) is 18.5. The number of nitrogens with one attached hydrogen (secondary N) is 2. The molecule has 1 amide bonds. The van der Waals surface area contributed by atoms with Crippen LogP contribution in [0.2, 0.25) is 5.02 Å². The average Bonchev–Trinajstić information content (AvgIpc) is 3.19. The fourth-order valence-electron chi connectivity index (χ4n) is 3.02. The lowest BCUT2D eigenvalue weighted by atomic mass is 10.1. The van der Waals surface area contributed by atoms with Crippen molar-refractivity contribution < 1.29 is 4.79 Å². The summed E-state index contributed by atoms with van der Waals surface area (Å²) >= 11 is 5.95. The molecule has 138 valence electrons. The van der Waals surface area contributed by atoms with E-state index in [2.05, 4.69) is 25.7 Å². The first-order chi connectivity index (χ1) is 12.7. The first-order valence-corrected chi connectivity index (χ1v) is 9.41. The van der Waals surface area contributed by atoms with Crippen molar-refractivity contribution in [3.8, 4) is 0 Å². The number of carbonyl (C=O) groups is 1. The minimum atomic E-state index is 0.0312. The van der Waals surface area contributed by atoms with Gasteiger partial charge in [-0.1, -0.05) is 23.7 Å². The van der Waals surface area contributed by atoms with Crippen LogP contribution in [0, 0.1) is 0 Å². The molecule has 7 heteroatoms. The summed E-state index contributed by atoms with van der Waals surface area (Å²) in [5, 5.41) is 15.0. The van der Waals surface area contributed by atoms with Gasteiger partial charge in [-0.15, -0.1) is 5.10 Å². The number of anilines is 2. The van der Waals surface area contributed by atoms with Crippen LogP contribution < -0.4 is 15.5 Å². The van der Waals surface area contributed by atoms with E-state index in [0.717, 1.165) is 30.2 Å². The summed E-state index contributed by atoms with van der Waals surface area (Å²) in [4.78, 5) is 14.3. The molecule has 0 unspecified atom stereocenters. The number of hydrogen-bond donors (Lipinski definition) is 2. The topological polar surface area (TPSA) is 70.2 Å². The van der Waals surface area contributed by atoms with Crippen molar-refractivity contribution in [3.63, 3.8) is 0 Å². The van der Waals surface area contributed by atoms with Gasteiger partial charge in [-0.25, -0.2) is 0 Å². The number of aryl methyl sites for hydroxylation is 1. The number of amides is 1. The van der Waals surface area contributed by atoms with E-state index in [9.17, 15) is 4.79 Å². The normalized spacial score (nSPS) is 13.7. The fraction of sp³-hybridized carbons (Fsp3) is 0.421. The molecule has 6 nitrogen and oxygen atoms in total. The predicted molar refractivity (Wildman–Crippen MR) is 105 cm³/mol. The zero-order chi connectivity index (χ0) is 18.2. The Kier molecular flexibility index (Phi) is 6.66. The number of aromatic nitrogens is 2. The van der Waals surface area contributed by atoms with Crippen LogP contribution in [-0.4, -0.2) is 42.3 Å². The van der Waals surface area contributed by atoms with Crippen molar-refractivity contribution >= 4 is 29.0 Å². The lowest BCUT2D eigenvalue weighted by molar-refractivity contribution is -0.120. The molecule has 1 saturated heterocycles. The molecule has 0 spiro atoms. The molecule has 26 heavy (non-hydrogen) atoms. The predicted octanol–water partition coefficient (Wildman–Crippen LogP) is 2.89. The van der Waals surface area contributed by atoms with Crippen LogP contribution in [-0.2, 0) is 11.2 Å². The Balaban J connectivity index is 1.36. The van der Waals surface area contributed by atoms with Crippen LogP contribution in [0.1, 0.15) is 24.8 Å². The zero-order valence-electron chi connectivity index (χ0n) is 14.7. The standard InChI is InChI=1S/C19H24ClN5O/c20-16-5-3-4-15(12-16)6-7-19(26)22-9-8-21-18-13-17(14-23-24-18)25-10-1-2-11-25/h3-5,12-14H,1-2,6-11H2,(H,21,24)(H,22,26). The number of halogens is 1. The Bertz CT molecular complexity index is 733. The summed E-state index contributed by atoms with van der Waals surface area (Å²) in [7, 11) is 0. The molecule has 0 aliphatic carbocycles. The van der Waals surface area contributed by atoms with Gasteiger partial charge < -0.3 is 15.5 Å². The molecular weight excluding hydrogens is 350 g/mol. The molecule has 0 radical (unpaired) electrons. The third kappa shape index (κ3) is 5.59. The van der Waals surface area contributed by atoms with Gasteiger partial charge in [-0.3, -0.25) is 4.79 Å². The molecule has 2 heterocycles. The quantitative estimate of drug-likeness (QED) is 0.696. The van der Waals surface area contributed by atoms with Crippen LogP contribution in [0.5, 0.6) is 0 Å². The number of rotatable bonds is 8. The maximum Gasteiger partial charge on any atom is 0.220 e. The molecule has 0 bridgehead atoms. The molecule has 1 aliphatic rings. The van der Waals surface area contributed by atoms with Crippen molar-refractivity contribution in [1.82, 2.24) is 15.5 Å². The molecule has 1 aliphatic heterocycles. The molecule has 2 aromatic rings. The smallest absolute Gasteiger partial charge is 0.220 e. The summed E-state index contributed by atoms with van der Waals surface area (Å²) in [5.74, 6) is 0.770. The van der Waals surface area contributed by atoms with Crippen molar-refractivity contribution in [3.05, 3.63) is 47.1 Å². The van der Waals surface area contributed by atoms with Gasteiger partial charge in [0.25, 0.3) is 0 Å². The molecule has 1 fully saturated rings. The van der Waals surface area contributed by atoms with E-state index in [4.69, 9.17) is 11.6 Å².